The summed E-state index contributed by atoms with van der Waals surface area (Å²) in [7, 11) is 0. The van der Waals surface area contributed by atoms with Crippen molar-refractivity contribution in [3.8, 4) is 0 Å². The Balaban J connectivity index is 2.44. The molecule has 0 radical (unpaired) electrons. The summed E-state index contributed by atoms with van der Waals surface area (Å²) in [4.78, 5) is 11.9. The molecule has 0 atom stereocenters. The van der Waals surface area contributed by atoms with Gasteiger partial charge in [-0.3, -0.25) is 0 Å². The highest BCUT2D eigenvalue weighted by atomic mass is 35.6. The first kappa shape index (κ1) is 18.1. The van der Waals surface area contributed by atoms with Crippen LogP contribution in [0.15, 0.2) is 16.7 Å². The first-order valence-corrected chi connectivity index (χ1v) is 7.96. The van der Waals surface area contributed by atoms with Crippen LogP contribution in [0.5, 0.6) is 0 Å². The smallest absolute Gasteiger partial charge is 0.250 e. The van der Waals surface area contributed by atoms with Crippen LogP contribution in [-0.4, -0.2) is 15.0 Å². The van der Waals surface area contributed by atoms with Crippen LogP contribution < -0.4 is 0 Å². The number of rotatable bonds is 2. The Hall–Kier alpha value is -0.230. The lowest BCUT2D eigenvalue weighted by Crippen LogP contribution is -2.16. The van der Waals surface area contributed by atoms with Crippen LogP contribution in [0.2, 0.25) is 0 Å². The molecule has 0 aromatic carbocycles. The first-order chi connectivity index (χ1) is 10.1. The molecule has 0 unspecified atom stereocenters. The topological polar surface area (TPSA) is 51.8 Å². The molecule has 118 valence electrons. The lowest BCUT2D eigenvalue weighted by molar-refractivity contribution is 0.555. The fourth-order valence-corrected chi connectivity index (χ4v) is 1.92. The van der Waals surface area contributed by atoms with E-state index >= 15 is 0 Å². The average molecular weight is 422 g/mol. The fraction of sp³-hybridized carbons (Fsp3) is 0.250. The van der Waals surface area contributed by atoms with Crippen molar-refractivity contribution >= 4 is 81.8 Å². The summed E-state index contributed by atoms with van der Waals surface area (Å²) in [5, 5.41) is 0. The molecule has 0 aliphatic rings. The van der Waals surface area contributed by atoms with Crippen molar-refractivity contribution in [2.75, 3.05) is 0 Å². The zero-order valence-corrected chi connectivity index (χ0v) is 15.4. The number of halogens is 6. The van der Waals surface area contributed by atoms with Gasteiger partial charge in [-0.1, -0.05) is 69.6 Å². The summed E-state index contributed by atoms with van der Waals surface area (Å²) in [6.45, 7) is 1.89. The first-order valence-electron chi connectivity index (χ1n) is 5.69. The molecule has 2 aromatic rings. The highest BCUT2D eigenvalue weighted by Crippen LogP contribution is 2.39. The van der Waals surface area contributed by atoms with Gasteiger partial charge in [0, 0.05) is 0 Å². The minimum absolute atomic E-state index is 0.149. The van der Waals surface area contributed by atoms with Gasteiger partial charge in [0.1, 0.15) is 5.76 Å². The van der Waals surface area contributed by atoms with Gasteiger partial charge in [-0.05, 0) is 30.7 Å². The largest absolute Gasteiger partial charge is 0.465 e. The van der Waals surface area contributed by atoms with E-state index < -0.39 is 7.59 Å². The molecule has 0 N–H and O–H groups in total. The zero-order chi connectivity index (χ0) is 16.5. The Kier molecular flexibility index (Phi) is 5.53. The van der Waals surface area contributed by atoms with Gasteiger partial charge in [-0.2, -0.15) is 0 Å². The van der Waals surface area contributed by atoms with Gasteiger partial charge >= 0.3 is 0 Å². The third-order valence-corrected chi connectivity index (χ3v) is 3.32. The lowest BCUT2D eigenvalue weighted by atomic mass is 10.3. The summed E-state index contributed by atoms with van der Waals surface area (Å²) in [6, 6.07) is 1.82. The van der Waals surface area contributed by atoms with Crippen LogP contribution in [0.1, 0.15) is 28.8 Å². The Labute approximate surface area is 156 Å². The molecule has 22 heavy (non-hydrogen) atoms. The lowest BCUT2D eigenvalue weighted by Gasteiger charge is -2.14. The number of hydrogen-bond donors (Lipinski definition) is 0. The predicted molar refractivity (Wildman–Crippen MR) is 90.7 cm³/mol. The molecule has 0 fully saturated rings. The van der Waals surface area contributed by atoms with Crippen LogP contribution in [0, 0.1) is 6.92 Å². The summed E-state index contributed by atoms with van der Waals surface area (Å²) >= 11 is 34.7. The second kappa shape index (κ2) is 6.71. The van der Waals surface area contributed by atoms with Crippen molar-refractivity contribution in [1.82, 2.24) is 15.0 Å². The monoisotopic (exact) mass is 419 g/mol. The van der Waals surface area contributed by atoms with E-state index in [0.717, 1.165) is 5.56 Å². The number of hydrogen-bond acceptors (Lipinski definition) is 4. The molecule has 4 nitrogen and oxygen atoms in total. The number of alkyl halides is 6. The summed E-state index contributed by atoms with van der Waals surface area (Å²) < 4.78 is 1.51. The third-order valence-electron chi connectivity index (χ3n) is 2.31. The molecular weight excluding hydrogens is 415 g/mol. The molecule has 0 saturated carbocycles. The maximum Gasteiger partial charge on any atom is 0.250 e. The average Bonchev–Trinajstić information content (AvgIpc) is 2.80. The summed E-state index contributed by atoms with van der Waals surface area (Å²) in [5.41, 5.74) is 0.972. The van der Waals surface area contributed by atoms with E-state index in [0.29, 0.717) is 5.76 Å². The molecule has 10 heteroatoms. The Bertz CT molecular complexity index is 669. The Morgan fingerprint density at radius 1 is 0.909 bits per heavy atom. The molecule has 2 aromatic heterocycles. The molecule has 0 bridgehead atoms. The molecule has 0 aliphatic heterocycles. The SMILES string of the molecule is Cc1coc(/C=C/c2nc(C(Cl)(Cl)Cl)nc(C(Cl)(Cl)Cl)n2)c1. The van der Waals surface area contributed by atoms with Gasteiger partial charge in [-0.25, -0.2) is 15.0 Å². The standard InChI is InChI=1S/C12H7Cl6N3O/c1-6-4-7(22-5-6)2-3-8-19-9(11(13,14)15)21-10(20-8)12(16,17)18/h2-5H,1H3/b3-2+. The number of aromatic nitrogens is 3. The van der Waals surface area contributed by atoms with Gasteiger partial charge in [0.05, 0.1) is 6.26 Å². The van der Waals surface area contributed by atoms with Crippen molar-refractivity contribution in [3.63, 3.8) is 0 Å². The van der Waals surface area contributed by atoms with Gasteiger partial charge in [0.2, 0.25) is 7.59 Å². The normalized spacial score (nSPS) is 13.0. The number of furan rings is 1. The van der Waals surface area contributed by atoms with E-state index in [1.54, 1.807) is 12.3 Å². The van der Waals surface area contributed by atoms with Gasteiger partial charge in [-0.15, -0.1) is 0 Å². The summed E-state index contributed by atoms with van der Waals surface area (Å²) in [6.07, 6.45) is 4.76. The Morgan fingerprint density at radius 3 is 1.86 bits per heavy atom. The summed E-state index contributed by atoms with van der Waals surface area (Å²) in [5.74, 6) is 0.462. The van der Waals surface area contributed by atoms with Crippen molar-refractivity contribution in [2.24, 2.45) is 0 Å². The van der Waals surface area contributed by atoms with Gasteiger partial charge < -0.3 is 4.42 Å². The van der Waals surface area contributed by atoms with E-state index in [9.17, 15) is 0 Å². The zero-order valence-electron chi connectivity index (χ0n) is 10.8. The molecule has 0 saturated heterocycles. The van der Waals surface area contributed by atoms with Gasteiger partial charge in [0.15, 0.2) is 17.5 Å². The van der Waals surface area contributed by atoms with E-state index in [1.807, 2.05) is 13.0 Å². The maximum absolute atomic E-state index is 5.78. The molecular formula is C12H7Cl6N3O. The quantitative estimate of drug-likeness (QED) is 0.592. The van der Waals surface area contributed by atoms with E-state index in [1.165, 1.54) is 6.08 Å². The number of nitrogens with zero attached hydrogens (tertiary/aromatic N) is 3. The fourth-order valence-electron chi connectivity index (χ4n) is 1.42. The second-order valence-electron chi connectivity index (χ2n) is 4.20. The number of aryl methyl sites for hydroxylation is 1. The predicted octanol–water partition coefficient (Wildman–Crippen LogP) is 5.60. The highest BCUT2D eigenvalue weighted by Gasteiger charge is 2.33. The second-order valence-corrected chi connectivity index (χ2v) is 8.76. The van der Waals surface area contributed by atoms with E-state index in [2.05, 4.69) is 15.0 Å². The van der Waals surface area contributed by atoms with Crippen molar-refractivity contribution < 1.29 is 4.42 Å². The van der Waals surface area contributed by atoms with E-state index in [4.69, 9.17) is 74.0 Å². The van der Waals surface area contributed by atoms with Crippen LogP contribution in [0.25, 0.3) is 12.2 Å². The van der Waals surface area contributed by atoms with Crippen LogP contribution in [0.3, 0.4) is 0 Å². The van der Waals surface area contributed by atoms with Gasteiger partial charge in [0.25, 0.3) is 0 Å². The molecule has 2 heterocycles. The van der Waals surface area contributed by atoms with Crippen LogP contribution >= 0.6 is 69.6 Å². The molecule has 0 aliphatic carbocycles. The highest BCUT2D eigenvalue weighted by molar-refractivity contribution is 6.67. The molecule has 2 rings (SSSR count). The minimum atomic E-state index is -1.88. The van der Waals surface area contributed by atoms with Crippen molar-refractivity contribution in [2.45, 2.75) is 14.5 Å². The minimum Gasteiger partial charge on any atom is -0.465 e. The van der Waals surface area contributed by atoms with E-state index in [-0.39, 0.29) is 17.5 Å². The molecule has 0 amide bonds. The Morgan fingerprint density at radius 2 is 1.45 bits per heavy atom. The third kappa shape index (κ3) is 4.88. The maximum atomic E-state index is 5.78. The molecule has 0 spiro atoms. The van der Waals surface area contributed by atoms with Crippen molar-refractivity contribution in [3.05, 3.63) is 41.1 Å². The van der Waals surface area contributed by atoms with Crippen molar-refractivity contribution in [1.29, 1.82) is 0 Å². The van der Waals surface area contributed by atoms with Crippen LogP contribution in [-0.2, 0) is 7.59 Å². The van der Waals surface area contributed by atoms with Crippen LogP contribution in [0.4, 0.5) is 0 Å².